The van der Waals surface area contributed by atoms with E-state index in [9.17, 15) is 8.42 Å². The third kappa shape index (κ3) is 3.02. The predicted octanol–water partition coefficient (Wildman–Crippen LogP) is 2.28. The van der Waals surface area contributed by atoms with Crippen molar-refractivity contribution in [2.75, 3.05) is 7.11 Å². The van der Waals surface area contributed by atoms with Crippen molar-refractivity contribution in [3.63, 3.8) is 0 Å². The fourth-order valence-electron chi connectivity index (χ4n) is 1.37. The zero-order valence-electron chi connectivity index (χ0n) is 11.0. The number of hydrogen-bond donors (Lipinski definition) is 0. The van der Waals surface area contributed by atoms with Gasteiger partial charge in [-0.25, -0.2) is 8.42 Å². The van der Waals surface area contributed by atoms with Crippen LogP contribution in [0.5, 0.6) is 5.75 Å². The van der Waals surface area contributed by atoms with Crippen LogP contribution in [-0.2, 0) is 15.6 Å². The number of rotatable bonds is 3. The van der Waals surface area contributed by atoms with Crippen molar-refractivity contribution in [3.05, 3.63) is 29.3 Å². The van der Waals surface area contributed by atoms with Crippen molar-refractivity contribution < 1.29 is 13.2 Å². The summed E-state index contributed by atoms with van der Waals surface area (Å²) < 4.78 is 28.3. The maximum Gasteiger partial charge on any atom is 0.159 e. The standard InChI is InChI=1S/C13H17NO3S/c1-13(2,3)18(15,16)9-10-5-6-12(17-4)11(7-10)8-14/h5-7H,9H2,1-4H3. The van der Waals surface area contributed by atoms with E-state index < -0.39 is 14.6 Å². The van der Waals surface area contributed by atoms with Gasteiger partial charge in [-0.15, -0.1) is 0 Å². The Labute approximate surface area is 108 Å². The van der Waals surface area contributed by atoms with Gasteiger partial charge >= 0.3 is 0 Å². The maximum atomic E-state index is 12.1. The Kier molecular flexibility index (Phi) is 4.02. The molecule has 0 fully saturated rings. The van der Waals surface area contributed by atoms with Crippen molar-refractivity contribution in [2.24, 2.45) is 0 Å². The SMILES string of the molecule is COc1ccc(CS(=O)(=O)C(C)(C)C)cc1C#N. The highest BCUT2D eigenvalue weighted by Crippen LogP contribution is 2.24. The third-order valence-corrected chi connectivity index (χ3v) is 5.25. The second-order valence-electron chi connectivity index (χ2n) is 5.02. The Morgan fingerprint density at radius 2 is 1.94 bits per heavy atom. The van der Waals surface area contributed by atoms with E-state index in [0.717, 1.165) is 0 Å². The molecule has 0 saturated heterocycles. The molecule has 0 heterocycles. The first kappa shape index (κ1) is 14.5. The maximum absolute atomic E-state index is 12.1. The van der Waals surface area contributed by atoms with Crippen LogP contribution >= 0.6 is 0 Å². The van der Waals surface area contributed by atoms with Gasteiger partial charge in [0.25, 0.3) is 0 Å². The van der Waals surface area contributed by atoms with Gasteiger partial charge in [0.1, 0.15) is 11.8 Å². The minimum Gasteiger partial charge on any atom is -0.495 e. The molecule has 0 aliphatic carbocycles. The van der Waals surface area contributed by atoms with E-state index in [1.807, 2.05) is 6.07 Å². The first-order valence-corrected chi connectivity index (χ1v) is 7.16. The molecule has 0 aliphatic heterocycles. The van der Waals surface area contributed by atoms with E-state index in [0.29, 0.717) is 16.9 Å². The summed E-state index contributed by atoms with van der Waals surface area (Å²) in [5.41, 5.74) is 0.946. The molecule has 0 unspecified atom stereocenters. The smallest absolute Gasteiger partial charge is 0.159 e. The predicted molar refractivity (Wildman–Crippen MR) is 70.1 cm³/mol. The fraction of sp³-hybridized carbons (Fsp3) is 0.462. The van der Waals surface area contributed by atoms with Crippen LogP contribution < -0.4 is 4.74 Å². The molecule has 0 saturated carbocycles. The fourth-order valence-corrected chi connectivity index (χ4v) is 2.42. The van der Waals surface area contributed by atoms with Crippen LogP contribution in [0.25, 0.3) is 0 Å². The van der Waals surface area contributed by atoms with Crippen molar-refractivity contribution in [2.45, 2.75) is 31.3 Å². The molecule has 1 aromatic carbocycles. The number of nitriles is 1. The van der Waals surface area contributed by atoms with Crippen LogP contribution in [0, 0.1) is 11.3 Å². The summed E-state index contributed by atoms with van der Waals surface area (Å²) in [5.74, 6) is 0.379. The van der Waals surface area contributed by atoms with Gasteiger partial charge in [-0.1, -0.05) is 6.07 Å². The van der Waals surface area contributed by atoms with Crippen molar-refractivity contribution in [1.29, 1.82) is 5.26 Å². The Morgan fingerprint density at radius 1 is 1.33 bits per heavy atom. The zero-order valence-corrected chi connectivity index (χ0v) is 11.8. The summed E-state index contributed by atoms with van der Waals surface area (Å²) in [6, 6.07) is 6.84. The second-order valence-corrected chi connectivity index (χ2v) is 7.76. The molecule has 0 amide bonds. The van der Waals surface area contributed by atoms with E-state index in [-0.39, 0.29) is 5.75 Å². The van der Waals surface area contributed by atoms with Gasteiger partial charge in [-0.3, -0.25) is 0 Å². The van der Waals surface area contributed by atoms with Crippen LogP contribution in [0.4, 0.5) is 0 Å². The number of nitrogens with zero attached hydrogens (tertiary/aromatic N) is 1. The molecule has 1 rings (SSSR count). The summed E-state index contributed by atoms with van der Waals surface area (Å²) in [4.78, 5) is 0. The molecular weight excluding hydrogens is 250 g/mol. The number of benzene rings is 1. The molecule has 0 atom stereocenters. The lowest BCUT2D eigenvalue weighted by atomic mass is 10.1. The molecule has 4 nitrogen and oxygen atoms in total. The van der Waals surface area contributed by atoms with Gasteiger partial charge in [0.05, 0.1) is 23.2 Å². The highest BCUT2D eigenvalue weighted by molar-refractivity contribution is 7.91. The van der Waals surface area contributed by atoms with Gasteiger partial charge < -0.3 is 4.74 Å². The van der Waals surface area contributed by atoms with E-state index in [4.69, 9.17) is 10.00 Å². The molecule has 0 aliphatic rings. The van der Waals surface area contributed by atoms with Gasteiger partial charge in [-0.2, -0.15) is 5.26 Å². The third-order valence-electron chi connectivity index (χ3n) is 2.67. The molecule has 0 aromatic heterocycles. The zero-order chi connectivity index (χ0) is 14.0. The molecule has 18 heavy (non-hydrogen) atoms. The lowest BCUT2D eigenvalue weighted by molar-refractivity contribution is 0.413. The lowest BCUT2D eigenvalue weighted by Crippen LogP contribution is -2.29. The second kappa shape index (κ2) is 4.99. The van der Waals surface area contributed by atoms with E-state index in [2.05, 4.69) is 0 Å². The molecule has 0 N–H and O–H groups in total. The van der Waals surface area contributed by atoms with Crippen molar-refractivity contribution >= 4 is 9.84 Å². The molecule has 1 aromatic rings. The summed E-state index contributed by atoms with van der Waals surface area (Å²) >= 11 is 0. The number of hydrogen-bond acceptors (Lipinski definition) is 4. The minimum absolute atomic E-state index is 0.0742. The number of sulfone groups is 1. The number of ether oxygens (including phenoxy) is 1. The van der Waals surface area contributed by atoms with Crippen LogP contribution in [0.2, 0.25) is 0 Å². The van der Waals surface area contributed by atoms with E-state index >= 15 is 0 Å². The molecular formula is C13H17NO3S. The van der Waals surface area contributed by atoms with Gasteiger partial charge in [-0.05, 0) is 38.5 Å². The van der Waals surface area contributed by atoms with Gasteiger partial charge in [0.15, 0.2) is 9.84 Å². The largest absolute Gasteiger partial charge is 0.495 e. The van der Waals surface area contributed by atoms with Crippen molar-refractivity contribution in [3.8, 4) is 11.8 Å². The quantitative estimate of drug-likeness (QED) is 0.842. The highest BCUT2D eigenvalue weighted by atomic mass is 32.2. The Bertz CT molecular complexity index is 577. The van der Waals surface area contributed by atoms with Crippen LogP contribution in [-0.4, -0.2) is 20.3 Å². The van der Waals surface area contributed by atoms with Crippen molar-refractivity contribution in [1.82, 2.24) is 0 Å². The van der Waals surface area contributed by atoms with E-state index in [1.54, 1.807) is 39.0 Å². The summed E-state index contributed by atoms with van der Waals surface area (Å²) in [7, 11) is -1.77. The summed E-state index contributed by atoms with van der Waals surface area (Å²) in [5, 5.41) is 8.95. The average Bonchev–Trinajstić information content (AvgIpc) is 2.26. The minimum atomic E-state index is -3.25. The molecule has 0 radical (unpaired) electrons. The Balaban J connectivity index is 3.12. The molecule has 0 spiro atoms. The van der Waals surface area contributed by atoms with Crippen LogP contribution in [0.3, 0.4) is 0 Å². The Morgan fingerprint density at radius 3 is 2.39 bits per heavy atom. The summed E-state index contributed by atoms with van der Waals surface area (Å²) in [6.45, 7) is 4.99. The van der Waals surface area contributed by atoms with Crippen LogP contribution in [0.15, 0.2) is 18.2 Å². The van der Waals surface area contributed by atoms with Crippen LogP contribution in [0.1, 0.15) is 31.9 Å². The Hall–Kier alpha value is -1.54. The van der Waals surface area contributed by atoms with Gasteiger partial charge in [0, 0.05) is 0 Å². The monoisotopic (exact) mass is 267 g/mol. The summed E-state index contributed by atoms with van der Waals surface area (Å²) in [6.07, 6.45) is 0. The normalized spacial score (nSPS) is 11.9. The molecule has 0 bridgehead atoms. The number of methoxy groups -OCH3 is 1. The van der Waals surface area contributed by atoms with Gasteiger partial charge in [0.2, 0.25) is 0 Å². The first-order chi connectivity index (χ1) is 8.21. The lowest BCUT2D eigenvalue weighted by Gasteiger charge is -2.19. The first-order valence-electron chi connectivity index (χ1n) is 5.50. The highest BCUT2D eigenvalue weighted by Gasteiger charge is 2.29. The topological polar surface area (TPSA) is 67.2 Å². The van der Waals surface area contributed by atoms with E-state index in [1.165, 1.54) is 7.11 Å². The molecule has 98 valence electrons. The average molecular weight is 267 g/mol. The molecule has 5 heteroatoms.